The van der Waals surface area contributed by atoms with Gasteiger partial charge < -0.3 is 15.2 Å². The molecule has 0 radical (unpaired) electrons. The molecule has 2 aliphatic rings. The van der Waals surface area contributed by atoms with Crippen molar-refractivity contribution in [2.75, 3.05) is 6.26 Å². The number of aromatic nitrogens is 3. The van der Waals surface area contributed by atoms with E-state index in [1.807, 2.05) is 30.3 Å². The minimum absolute atomic E-state index is 0. The Morgan fingerprint density at radius 1 is 1.16 bits per heavy atom. The van der Waals surface area contributed by atoms with Gasteiger partial charge in [-0.05, 0) is 45.3 Å². The molecular formula is C17H31IN6S. The molecule has 0 spiro atoms. The topological polar surface area (TPSA) is 67.1 Å². The van der Waals surface area contributed by atoms with Crippen LogP contribution in [-0.4, -0.2) is 44.3 Å². The maximum atomic E-state index is 4.81. The Morgan fingerprint density at radius 3 is 2.48 bits per heavy atom. The fourth-order valence-electron chi connectivity index (χ4n) is 3.61. The molecule has 2 N–H and O–H groups in total. The summed E-state index contributed by atoms with van der Waals surface area (Å²) in [5.74, 6) is 2.79. The highest BCUT2D eigenvalue weighted by atomic mass is 127. The average Bonchev–Trinajstić information content (AvgIpc) is 3.30. The van der Waals surface area contributed by atoms with Crippen LogP contribution in [0.5, 0.6) is 0 Å². The Labute approximate surface area is 172 Å². The van der Waals surface area contributed by atoms with Crippen LogP contribution in [0.3, 0.4) is 0 Å². The summed E-state index contributed by atoms with van der Waals surface area (Å²) in [6.45, 7) is 2.54. The van der Waals surface area contributed by atoms with Gasteiger partial charge in [0.2, 0.25) is 0 Å². The Hall–Kier alpha value is -0.510. The Bertz CT molecular complexity index is 569. The van der Waals surface area contributed by atoms with Crippen LogP contribution in [0.15, 0.2) is 4.99 Å². The standard InChI is InChI=1S/C17H30N6S.HI/c1-12-21-22-16(23(12)2)11-18-17(19-13-6-4-5-7-13)20-14-8-9-15(10-14)24-3;/h13-15H,4-11H2,1-3H3,(H2,18,19,20);1H. The summed E-state index contributed by atoms with van der Waals surface area (Å²) in [7, 11) is 2.00. The fraction of sp³-hybridized carbons (Fsp3) is 0.824. The van der Waals surface area contributed by atoms with Crippen LogP contribution in [0.2, 0.25) is 0 Å². The molecule has 6 nitrogen and oxygen atoms in total. The third-order valence-electron chi connectivity index (χ3n) is 5.32. The molecule has 2 fully saturated rings. The maximum absolute atomic E-state index is 4.81. The van der Waals surface area contributed by atoms with E-state index < -0.39 is 0 Å². The first-order valence-electron chi connectivity index (χ1n) is 9.11. The minimum Gasteiger partial charge on any atom is -0.354 e. The predicted octanol–water partition coefficient (Wildman–Crippen LogP) is 3.00. The second kappa shape index (κ2) is 9.99. The van der Waals surface area contributed by atoms with Gasteiger partial charge in [0.15, 0.2) is 11.8 Å². The van der Waals surface area contributed by atoms with Gasteiger partial charge in [0.05, 0.1) is 0 Å². The molecule has 142 valence electrons. The summed E-state index contributed by atoms with van der Waals surface area (Å²) in [5, 5.41) is 16.5. The molecule has 0 amide bonds. The largest absolute Gasteiger partial charge is 0.354 e. The summed E-state index contributed by atoms with van der Waals surface area (Å²) in [6, 6.07) is 1.10. The summed E-state index contributed by atoms with van der Waals surface area (Å²) < 4.78 is 2.01. The molecule has 1 aromatic rings. The molecule has 8 heteroatoms. The van der Waals surface area contributed by atoms with Crippen LogP contribution in [0.4, 0.5) is 0 Å². The Morgan fingerprint density at radius 2 is 1.88 bits per heavy atom. The van der Waals surface area contributed by atoms with Gasteiger partial charge in [-0.25, -0.2) is 4.99 Å². The van der Waals surface area contributed by atoms with Crippen LogP contribution >= 0.6 is 35.7 Å². The fourth-order valence-corrected chi connectivity index (χ4v) is 4.41. The first kappa shape index (κ1) is 20.8. The number of hydrogen-bond acceptors (Lipinski definition) is 4. The summed E-state index contributed by atoms with van der Waals surface area (Å²) in [4.78, 5) is 4.81. The lowest BCUT2D eigenvalue weighted by molar-refractivity contribution is 0.571. The van der Waals surface area contributed by atoms with Crippen molar-refractivity contribution in [2.45, 2.75) is 75.7 Å². The van der Waals surface area contributed by atoms with E-state index in [1.54, 1.807) is 0 Å². The number of nitrogens with zero attached hydrogens (tertiary/aromatic N) is 4. The third-order valence-corrected chi connectivity index (χ3v) is 6.41. The quantitative estimate of drug-likeness (QED) is 0.387. The van der Waals surface area contributed by atoms with Crippen LogP contribution < -0.4 is 10.6 Å². The van der Waals surface area contributed by atoms with Crippen molar-refractivity contribution in [1.82, 2.24) is 25.4 Å². The number of halogens is 1. The highest BCUT2D eigenvalue weighted by molar-refractivity contribution is 14.0. The minimum atomic E-state index is 0. The summed E-state index contributed by atoms with van der Waals surface area (Å²) in [5.41, 5.74) is 0. The summed E-state index contributed by atoms with van der Waals surface area (Å²) >= 11 is 1.99. The van der Waals surface area contributed by atoms with Gasteiger partial charge in [-0.15, -0.1) is 34.2 Å². The molecule has 1 heterocycles. The number of thioether (sulfide) groups is 1. The van der Waals surface area contributed by atoms with Gasteiger partial charge in [0, 0.05) is 24.4 Å². The molecule has 0 aromatic carbocycles. The van der Waals surface area contributed by atoms with Gasteiger partial charge in [-0.1, -0.05) is 12.8 Å². The second-order valence-electron chi connectivity index (χ2n) is 7.03. The van der Waals surface area contributed by atoms with Gasteiger partial charge in [0.25, 0.3) is 0 Å². The smallest absolute Gasteiger partial charge is 0.192 e. The molecule has 2 atom stereocenters. The van der Waals surface area contributed by atoms with Gasteiger partial charge in [-0.3, -0.25) is 0 Å². The monoisotopic (exact) mass is 478 g/mol. The third kappa shape index (κ3) is 5.74. The van der Waals surface area contributed by atoms with E-state index in [0.29, 0.717) is 18.6 Å². The lowest BCUT2D eigenvalue weighted by atomic mass is 10.2. The average molecular weight is 478 g/mol. The molecule has 2 unspecified atom stereocenters. The Balaban J connectivity index is 0.00000225. The van der Waals surface area contributed by atoms with Crippen LogP contribution in [0.25, 0.3) is 0 Å². The van der Waals surface area contributed by atoms with Crippen molar-refractivity contribution in [3.63, 3.8) is 0 Å². The number of guanidine groups is 1. The lowest BCUT2D eigenvalue weighted by Crippen LogP contribution is -2.46. The molecule has 0 aliphatic heterocycles. The highest BCUT2D eigenvalue weighted by Gasteiger charge is 2.25. The number of rotatable bonds is 5. The highest BCUT2D eigenvalue weighted by Crippen LogP contribution is 2.28. The van der Waals surface area contributed by atoms with Crippen LogP contribution in [-0.2, 0) is 13.6 Å². The first-order valence-corrected chi connectivity index (χ1v) is 10.4. The van der Waals surface area contributed by atoms with Crippen molar-refractivity contribution >= 4 is 41.7 Å². The van der Waals surface area contributed by atoms with Gasteiger partial charge in [0.1, 0.15) is 12.4 Å². The molecule has 25 heavy (non-hydrogen) atoms. The number of nitrogens with one attached hydrogen (secondary N) is 2. The van der Waals surface area contributed by atoms with E-state index in [9.17, 15) is 0 Å². The zero-order valence-corrected chi connectivity index (χ0v) is 18.6. The van der Waals surface area contributed by atoms with E-state index in [2.05, 4.69) is 27.1 Å². The number of aryl methyl sites for hydroxylation is 1. The van der Waals surface area contributed by atoms with Crippen LogP contribution in [0, 0.1) is 6.92 Å². The summed E-state index contributed by atoms with van der Waals surface area (Å²) in [6.07, 6.45) is 11.1. The molecular weight excluding hydrogens is 447 g/mol. The van der Waals surface area contributed by atoms with Crippen molar-refractivity contribution in [2.24, 2.45) is 12.0 Å². The van der Waals surface area contributed by atoms with E-state index in [4.69, 9.17) is 4.99 Å². The van der Waals surface area contributed by atoms with Crippen molar-refractivity contribution < 1.29 is 0 Å². The van der Waals surface area contributed by atoms with E-state index in [1.165, 1.54) is 44.9 Å². The van der Waals surface area contributed by atoms with Crippen LogP contribution in [0.1, 0.15) is 56.6 Å². The van der Waals surface area contributed by atoms with Gasteiger partial charge >= 0.3 is 0 Å². The van der Waals surface area contributed by atoms with E-state index >= 15 is 0 Å². The number of hydrogen-bond donors (Lipinski definition) is 2. The molecule has 2 aliphatic carbocycles. The lowest BCUT2D eigenvalue weighted by Gasteiger charge is -2.21. The SMILES string of the molecule is CSC1CCC(NC(=NCc2nnc(C)n2C)NC2CCCC2)C1.I. The second-order valence-corrected chi connectivity index (χ2v) is 8.16. The zero-order valence-electron chi connectivity index (χ0n) is 15.5. The number of aliphatic imine (C=N–C) groups is 1. The zero-order chi connectivity index (χ0) is 16.9. The van der Waals surface area contributed by atoms with Crippen molar-refractivity contribution in [3.05, 3.63) is 11.6 Å². The van der Waals surface area contributed by atoms with Gasteiger partial charge in [-0.2, -0.15) is 11.8 Å². The Kier molecular flexibility index (Phi) is 8.31. The maximum Gasteiger partial charge on any atom is 0.192 e. The van der Waals surface area contributed by atoms with Crippen molar-refractivity contribution in [1.29, 1.82) is 0 Å². The molecule has 1 aromatic heterocycles. The molecule has 0 saturated heterocycles. The van der Waals surface area contributed by atoms with Crippen molar-refractivity contribution in [3.8, 4) is 0 Å². The van der Waals surface area contributed by atoms with E-state index in [0.717, 1.165) is 22.9 Å². The predicted molar refractivity (Wildman–Crippen MR) is 116 cm³/mol. The molecule has 3 rings (SSSR count). The molecule has 0 bridgehead atoms. The normalized spacial score (nSPS) is 24.4. The first-order chi connectivity index (χ1) is 11.7. The molecule has 2 saturated carbocycles. The van der Waals surface area contributed by atoms with E-state index in [-0.39, 0.29) is 24.0 Å².